The van der Waals surface area contributed by atoms with Gasteiger partial charge in [0.05, 0.1) is 11.4 Å². The van der Waals surface area contributed by atoms with Crippen molar-refractivity contribution >= 4 is 11.5 Å². The molecule has 0 bridgehead atoms. The van der Waals surface area contributed by atoms with E-state index in [1.165, 1.54) is 65.0 Å². The molecule has 146 valence electrons. The molecule has 0 N–H and O–H groups in total. The molecule has 28 heavy (non-hydrogen) atoms. The minimum absolute atomic E-state index is 0.686. The highest BCUT2D eigenvalue weighted by molar-refractivity contribution is 5.83. The molecule has 2 aromatic heterocycles. The van der Waals surface area contributed by atoms with Gasteiger partial charge in [-0.25, -0.2) is 4.98 Å². The van der Waals surface area contributed by atoms with Gasteiger partial charge < -0.3 is 4.90 Å². The molecular formula is C24H30N4. The maximum atomic E-state index is 5.15. The summed E-state index contributed by atoms with van der Waals surface area (Å²) in [4.78, 5) is 7.81. The van der Waals surface area contributed by atoms with E-state index in [9.17, 15) is 0 Å². The maximum absolute atomic E-state index is 5.15. The summed E-state index contributed by atoms with van der Waals surface area (Å²) in [6.07, 6.45) is 6.17. The molecule has 0 amide bonds. The van der Waals surface area contributed by atoms with E-state index in [0.717, 1.165) is 17.8 Å². The van der Waals surface area contributed by atoms with E-state index >= 15 is 0 Å². The van der Waals surface area contributed by atoms with E-state index in [1.54, 1.807) is 0 Å². The van der Waals surface area contributed by atoms with Crippen LogP contribution in [0, 0.1) is 27.7 Å². The molecule has 2 fully saturated rings. The summed E-state index contributed by atoms with van der Waals surface area (Å²) in [7, 11) is 0. The minimum atomic E-state index is 0.686. The highest BCUT2D eigenvalue weighted by Crippen LogP contribution is 2.43. The number of aromatic nitrogens is 3. The van der Waals surface area contributed by atoms with Crippen LogP contribution in [0.5, 0.6) is 0 Å². The first kappa shape index (κ1) is 17.7. The van der Waals surface area contributed by atoms with Crippen molar-refractivity contribution in [2.24, 2.45) is 0 Å². The lowest BCUT2D eigenvalue weighted by atomic mass is 9.94. The highest BCUT2D eigenvalue weighted by atomic mass is 15.4. The van der Waals surface area contributed by atoms with Crippen LogP contribution in [0.2, 0.25) is 0 Å². The second kappa shape index (κ2) is 6.33. The standard InChI is InChI=1S/C24H30N4/c1-6-21-24(27(18-7-8-18)19-9-10-19)28-23(25-21)20(13-17(5)26-28)22-15(3)11-14(2)12-16(22)4/h11-13,18-19H,6-10H2,1-5H3. The number of fused-ring (bicyclic) bond motifs is 1. The third-order valence-corrected chi connectivity index (χ3v) is 6.16. The number of hydrogen-bond donors (Lipinski definition) is 0. The third-order valence-electron chi connectivity index (χ3n) is 6.16. The Labute approximate surface area is 167 Å². The number of imidazole rings is 1. The van der Waals surface area contributed by atoms with Gasteiger partial charge in [0.2, 0.25) is 0 Å². The van der Waals surface area contributed by atoms with E-state index in [0.29, 0.717) is 12.1 Å². The van der Waals surface area contributed by atoms with Gasteiger partial charge in [-0.2, -0.15) is 9.61 Å². The topological polar surface area (TPSA) is 33.4 Å². The van der Waals surface area contributed by atoms with Crippen molar-refractivity contribution in [2.45, 2.75) is 78.8 Å². The molecule has 2 aliphatic rings. The molecule has 2 saturated carbocycles. The first-order valence-electron chi connectivity index (χ1n) is 10.7. The molecule has 0 saturated heterocycles. The molecule has 4 nitrogen and oxygen atoms in total. The Bertz CT molecular complexity index is 1030. The van der Waals surface area contributed by atoms with Crippen LogP contribution in [0.1, 0.15) is 60.7 Å². The molecule has 3 aromatic rings. The lowest BCUT2D eigenvalue weighted by Crippen LogP contribution is -2.30. The van der Waals surface area contributed by atoms with Gasteiger partial charge in [0.15, 0.2) is 11.5 Å². The maximum Gasteiger partial charge on any atom is 0.164 e. The summed E-state index contributed by atoms with van der Waals surface area (Å²) < 4.78 is 2.17. The first-order valence-corrected chi connectivity index (χ1v) is 10.7. The summed E-state index contributed by atoms with van der Waals surface area (Å²) in [5.41, 5.74) is 9.73. The summed E-state index contributed by atoms with van der Waals surface area (Å²) in [5.74, 6) is 1.26. The van der Waals surface area contributed by atoms with Crippen LogP contribution in [0.15, 0.2) is 18.2 Å². The van der Waals surface area contributed by atoms with Crippen LogP contribution in [-0.4, -0.2) is 26.7 Å². The zero-order valence-corrected chi connectivity index (χ0v) is 17.7. The third kappa shape index (κ3) is 2.81. The van der Waals surface area contributed by atoms with Crippen LogP contribution in [0.3, 0.4) is 0 Å². The SMILES string of the molecule is CCc1nc2c(-c3c(C)cc(C)cc3C)cc(C)nn2c1N(C1CC1)C1CC1. The monoisotopic (exact) mass is 374 g/mol. The molecule has 4 heteroatoms. The quantitative estimate of drug-likeness (QED) is 0.606. The van der Waals surface area contributed by atoms with Crippen molar-refractivity contribution < 1.29 is 0 Å². The fourth-order valence-electron chi connectivity index (χ4n) is 4.81. The van der Waals surface area contributed by atoms with E-state index in [2.05, 4.69) is 62.2 Å². The molecule has 0 spiro atoms. The number of hydrogen-bond acceptors (Lipinski definition) is 3. The smallest absolute Gasteiger partial charge is 0.164 e. The number of anilines is 1. The van der Waals surface area contributed by atoms with E-state index < -0.39 is 0 Å². The number of nitrogens with zero attached hydrogens (tertiary/aromatic N) is 4. The van der Waals surface area contributed by atoms with Gasteiger partial charge >= 0.3 is 0 Å². The average Bonchev–Trinajstić information content (AvgIpc) is 3.53. The lowest BCUT2D eigenvalue weighted by molar-refractivity contribution is 0.737. The van der Waals surface area contributed by atoms with Crippen LogP contribution < -0.4 is 4.90 Å². The normalized spacial score (nSPS) is 16.8. The zero-order valence-electron chi connectivity index (χ0n) is 17.7. The molecule has 0 radical (unpaired) electrons. The molecule has 0 aliphatic heterocycles. The Morgan fingerprint density at radius 2 is 1.57 bits per heavy atom. The zero-order chi connectivity index (χ0) is 19.6. The van der Waals surface area contributed by atoms with Gasteiger partial charge in [-0.05, 0) is 82.6 Å². The Morgan fingerprint density at radius 1 is 0.964 bits per heavy atom. The minimum Gasteiger partial charge on any atom is -0.349 e. The molecule has 5 rings (SSSR count). The molecule has 0 atom stereocenters. The summed E-state index contributed by atoms with van der Waals surface area (Å²) in [6.45, 7) is 10.9. The molecule has 1 aromatic carbocycles. The summed E-state index contributed by atoms with van der Waals surface area (Å²) >= 11 is 0. The van der Waals surface area contributed by atoms with Gasteiger partial charge in [0.25, 0.3) is 0 Å². The Kier molecular flexibility index (Phi) is 4.01. The van der Waals surface area contributed by atoms with Gasteiger partial charge in [-0.3, -0.25) is 0 Å². The molecule has 0 unspecified atom stereocenters. The Balaban J connectivity index is 1.79. The van der Waals surface area contributed by atoms with Crippen LogP contribution in [0.25, 0.3) is 16.8 Å². The van der Waals surface area contributed by atoms with E-state index in [4.69, 9.17) is 10.1 Å². The van der Waals surface area contributed by atoms with Gasteiger partial charge in [-0.15, -0.1) is 0 Å². The van der Waals surface area contributed by atoms with Crippen molar-refractivity contribution in [3.05, 3.63) is 46.3 Å². The van der Waals surface area contributed by atoms with Crippen molar-refractivity contribution in [3.63, 3.8) is 0 Å². The van der Waals surface area contributed by atoms with Crippen LogP contribution >= 0.6 is 0 Å². The lowest BCUT2D eigenvalue weighted by Gasteiger charge is -2.24. The van der Waals surface area contributed by atoms with Crippen molar-refractivity contribution in [3.8, 4) is 11.1 Å². The van der Waals surface area contributed by atoms with Crippen LogP contribution in [0.4, 0.5) is 5.82 Å². The van der Waals surface area contributed by atoms with Gasteiger partial charge in [0, 0.05) is 17.6 Å². The average molecular weight is 375 g/mol. The second-order valence-corrected chi connectivity index (χ2v) is 8.81. The number of rotatable bonds is 5. The highest BCUT2D eigenvalue weighted by Gasteiger charge is 2.42. The van der Waals surface area contributed by atoms with Crippen LogP contribution in [-0.2, 0) is 6.42 Å². The summed E-state index contributed by atoms with van der Waals surface area (Å²) in [5, 5.41) is 4.96. The Hall–Kier alpha value is -2.36. The van der Waals surface area contributed by atoms with E-state index in [-0.39, 0.29) is 0 Å². The number of benzene rings is 1. The van der Waals surface area contributed by atoms with Crippen molar-refractivity contribution in [2.75, 3.05) is 4.90 Å². The molecule has 2 heterocycles. The fourth-order valence-corrected chi connectivity index (χ4v) is 4.81. The second-order valence-electron chi connectivity index (χ2n) is 8.81. The van der Waals surface area contributed by atoms with Gasteiger partial charge in [0.1, 0.15) is 0 Å². The van der Waals surface area contributed by atoms with Gasteiger partial charge in [-0.1, -0.05) is 24.6 Å². The fraction of sp³-hybridized carbons (Fsp3) is 0.500. The first-order chi connectivity index (χ1) is 13.5. The van der Waals surface area contributed by atoms with Crippen molar-refractivity contribution in [1.29, 1.82) is 0 Å². The Morgan fingerprint density at radius 3 is 2.11 bits per heavy atom. The van der Waals surface area contributed by atoms with E-state index in [1.807, 2.05) is 0 Å². The predicted octanol–water partition coefficient (Wildman–Crippen LogP) is 5.32. The predicted molar refractivity (Wildman–Crippen MR) is 115 cm³/mol. The summed E-state index contributed by atoms with van der Waals surface area (Å²) in [6, 6.07) is 8.15. The van der Waals surface area contributed by atoms with Crippen molar-refractivity contribution in [1.82, 2.24) is 14.6 Å². The largest absolute Gasteiger partial charge is 0.349 e. The number of aryl methyl sites for hydroxylation is 5. The molecule has 2 aliphatic carbocycles. The molecular weight excluding hydrogens is 344 g/mol.